The number of aromatic nitrogens is 1. The van der Waals surface area contributed by atoms with E-state index >= 15 is 0 Å². The number of aliphatic carboxylic acids is 1. The molecule has 2 aromatic carbocycles. The largest absolute Gasteiger partial charge is 0.481 e. The van der Waals surface area contributed by atoms with Gasteiger partial charge in [-0.25, -0.2) is 4.98 Å². The highest BCUT2D eigenvalue weighted by atomic mass is 35.5. The van der Waals surface area contributed by atoms with E-state index in [9.17, 15) is 9.59 Å². The summed E-state index contributed by atoms with van der Waals surface area (Å²) in [4.78, 5) is 26.7. The first kappa shape index (κ1) is 19.4. The van der Waals surface area contributed by atoms with E-state index in [2.05, 4.69) is 10.3 Å². The summed E-state index contributed by atoms with van der Waals surface area (Å²) in [6.45, 7) is 1.08. The summed E-state index contributed by atoms with van der Waals surface area (Å²) in [7, 11) is 0. The molecule has 3 aromatic rings. The number of nitrogens with zero attached hydrogens (tertiary/aromatic N) is 1. The van der Waals surface area contributed by atoms with Crippen LogP contribution in [-0.2, 0) is 9.59 Å². The number of carboxylic acid groups (broad SMARTS) is 1. The molecule has 1 aromatic heterocycles. The first-order valence-electron chi connectivity index (χ1n) is 8.41. The Hall–Kier alpha value is -3.32. The van der Waals surface area contributed by atoms with E-state index in [1.54, 1.807) is 42.5 Å². The van der Waals surface area contributed by atoms with Gasteiger partial charge >= 0.3 is 5.97 Å². The summed E-state index contributed by atoms with van der Waals surface area (Å²) in [5, 5.41) is 12.4. The fourth-order valence-electron chi connectivity index (χ4n) is 2.40. The number of hydrogen-bond acceptors (Lipinski definition) is 5. The van der Waals surface area contributed by atoms with Crippen LogP contribution in [-0.4, -0.2) is 34.6 Å². The lowest BCUT2D eigenvalue weighted by Gasteiger charge is -2.14. The minimum atomic E-state index is -1.12. The molecule has 0 saturated heterocycles. The number of nitrogens with one attached hydrogen (secondary N) is 1. The van der Waals surface area contributed by atoms with Crippen LogP contribution >= 0.6 is 11.6 Å². The maximum absolute atomic E-state index is 11.7. The van der Waals surface area contributed by atoms with Crippen molar-refractivity contribution in [1.82, 2.24) is 10.3 Å². The van der Waals surface area contributed by atoms with Crippen molar-refractivity contribution in [2.24, 2.45) is 0 Å². The highest BCUT2D eigenvalue weighted by Crippen LogP contribution is 2.26. The lowest BCUT2D eigenvalue weighted by atomic mass is 10.2. The fourth-order valence-corrected chi connectivity index (χ4v) is 2.57. The summed E-state index contributed by atoms with van der Waals surface area (Å²) >= 11 is 6.00. The summed E-state index contributed by atoms with van der Waals surface area (Å²) in [5.74, 6) is -0.217. The molecule has 7 nitrogen and oxygen atoms in total. The molecule has 2 N–H and O–H groups in total. The number of pyridine rings is 1. The number of ether oxygens (including phenoxy) is 2. The SMILES string of the molecule is CC(Oc1ccc(Oc2ccc3ccc(Cl)cc3n2)cc1)C(=O)NCC(=O)O. The predicted molar refractivity (Wildman–Crippen MR) is 104 cm³/mol. The molecule has 8 heteroatoms. The van der Waals surface area contributed by atoms with E-state index in [-0.39, 0.29) is 0 Å². The van der Waals surface area contributed by atoms with Crippen LogP contribution in [0.3, 0.4) is 0 Å². The highest BCUT2D eigenvalue weighted by Gasteiger charge is 2.15. The van der Waals surface area contributed by atoms with Crippen molar-refractivity contribution in [2.75, 3.05) is 6.54 Å². The molecule has 0 spiro atoms. The second kappa shape index (κ2) is 8.58. The summed E-state index contributed by atoms with van der Waals surface area (Å²) in [6, 6.07) is 15.8. The normalized spacial score (nSPS) is 11.6. The van der Waals surface area contributed by atoms with Gasteiger partial charge in [0.15, 0.2) is 6.10 Å². The van der Waals surface area contributed by atoms with E-state index in [1.807, 2.05) is 12.1 Å². The van der Waals surface area contributed by atoms with Crippen LogP contribution < -0.4 is 14.8 Å². The van der Waals surface area contributed by atoms with Crippen LogP contribution in [0.25, 0.3) is 10.9 Å². The zero-order chi connectivity index (χ0) is 20.1. The molecule has 1 heterocycles. The van der Waals surface area contributed by atoms with Crippen LogP contribution in [0.15, 0.2) is 54.6 Å². The molecule has 144 valence electrons. The van der Waals surface area contributed by atoms with Crippen LogP contribution in [0.5, 0.6) is 17.4 Å². The predicted octanol–water partition coefficient (Wildman–Crippen LogP) is 3.65. The number of carbonyl (C=O) groups is 2. The number of rotatable bonds is 7. The molecule has 28 heavy (non-hydrogen) atoms. The Balaban J connectivity index is 1.62. The van der Waals surface area contributed by atoms with E-state index in [4.69, 9.17) is 26.2 Å². The maximum Gasteiger partial charge on any atom is 0.322 e. The number of halogens is 1. The number of fused-ring (bicyclic) bond motifs is 1. The van der Waals surface area contributed by atoms with Gasteiger partial charge in [0, 0.05) is 16.5 Å². The standard InChI is InChI=1S/C20H17ClN2O5/c1-12(20(26)22-11-19(24)25)27-15-5-7-16(8-6-15)28-18-9-3-13-2-4-14(21)10-17(13)23-18/h2-10,12H,11H2,1H3,(H,22,26)(H,24,25). The van der Waals surface area contributed by atoms with Gasteiger partial charge in [-0.1, -0.05) is 17.7 Å². The average molecular weight is 401 g/mol. The quantitative estimate of drug-likeness (QED) is 0.628. The molecule has 0 aliphatic carbocycles. The van der Waals surface area contributed by atoms with Gasteiger partial charge in [-0.15, -0.1) is 0 Å². The van der Waals surface area contributed by atoms with Crippen molar-refractivity contribution in [1.29, 1.82) is 0 Å². The highest BCUT2D eigenvalue weighted by molar-refractivity contribution is 6.31. The minimum Gasteiger partial charge on any atom is -0.481 e. The number of carbonyl (C=O) groups excluding carboxylic acids is 1. The molecule has 0 bridgehead atoms. The Kier molecular flexibility index (Phi) is 5.96. The van der Waals surface area contributed by atoms with Crippen LogP contribution in [0.2, 0.25) is 5.02 Å². The Bertz CT molecular complexity index is 1010. The lowest BCUT2D eigenvalue weighted by molar-refractivity contribution is -0.139. The molecule has 3 rings (SSSR count). The van der Waals surface area contributed by atoms with Crippen molar-refractivity contribution in [3.05, 3.63) is 59.6 Å². The maximum atomic E-state index is 11.7. The second-order valence-corrected chi connectivity index (χ2v) is 6.37. The Morgan fingerprint density at radius 1 is 1.11 bits per heavy atom. The van der Waals surface area contributed by atoms with E-state index in [0.717, 1.165) is 10.9 Å². The Morgan fingerprint density at radius 3 is 2.50 bits per heavy atom. The third-order valence-corrected chi connectivity index (χ3v) is 4.01. The van der Waals surface area contributed by atoms with Crippen molar-refractivity contribution in [2.45, 2.75) is 13.0 Å². The Morgan fingerprint density at radius 2 is 1.79 bits per heavy atom. The van der Waals surface area contributed by atoms with E-state index in [1.165, 1.54) is 6.92 Å². The van der Waals surface area contributed by atoms with E-state index < -0.39 is 24.5 Å². The number of benzene rings is 2. The monoisotopic (exact) mass is 400 g/mol. The van der Waals surface area contributed by atoms with Crippen molar-refractivity contribution in [3.8, 4) is 17.4 Å². The van der Waals surface area contributed by atoms with Gasteiger partial charge in [0.2, 0.25) is 5.88 Å². The van der Waals surface area contributed by atoms with Crippen molar-refractivity contribution < 1.29 is 24.2 Å². The third kappa shape index (κ3) is 5.11. The Labute approximate surface area is 165 Å². The molecule has 0 fully saturated rings. The summed E-state index contributed by atoms with van der Waals surface area (Å²) < 4.78 is 11.2. The van der Waals surface area contributed by atoms with Gasteiger partial charge in [-0.3, -0.25) is 9.59 Å². The average Bonchev–Trinajstić information content (AvgIpc) is 2.67. The molecule has 0 aliphatic rings. The third-order valence-electron chi connectivity index (χ3n) is 3.77. The zero-order valence-electron chi connectivity index (χ0n) is 14.9. The topological polar surface area (TPSA) is 97.8 Å². The first-order chi connectivity index (χ1) is 13.4. The van der Waals surface area contributed by atoms with Gasteiger partial charge in [-0.05, 0) is 49.4 Å². The summed E-state index contributed by atoms with van der Waals surface area (Å²) in [5.41, 5.74) is 0.728. The van der Waals surface area contributed by atoms with Gasteiger partial charge < -0.3 is 19.9 Å². The molecular weight excluding hydrogens is 384 g/mol. The molecule has 0 saturated carbocycles. The van der Waals surface area contributed by atoms with Gasteiger partial charge in [-0.2, -0.15) is 0 Å². The second-order valence-electron chi connectivity index (χ2n) is 5.93. The molecule has 1 amide bonds. The molecule has 1 unspecified atom stereocenters. The fraction of sp³-hybridized carbons (Fsp3) is 0.150. The number of amides is 1. The van der Waals surface area contributed by atoms with Crippen molar-refractivity contribution >= 4 is 34.4 Å². The zero-order valence-corrected chi connectivity index (χ0v) is 15.6. The van der Waals surface area contributed by atoms with Crippen LogP contribution in [0.1, 0.15) is 6.92 Å². The van der Waals surface area contributed by atoms with Crippen molar-refractivity contribution in [3.63, 3.8) is 0 Å². The minimum absolute atomic E-state index is 0.421. The smallest absolute Gasteiger partial charge is 0.322 e. The first-order valence-corrected chi connectivity index (χ1v) is 8.79. The number of hydrogen-bond donors (Lipinski definition) is 2. The summed E-state index contributed by atoms with van der Waals surface area (Å²) in [6.07, 6.45) is -0.835. The van der Waals surface area contributed by atoms with Crippen LogP contribution in [0.4, 0.5) is 0 Å². The number of carboxylic acids is 1. The molecule has 1 atom stereocenters. The van der Waals surface area contributed by atoms with Gasteiger partial charge in [0.05, 0.1) is 5.52 Å². The van der Waals surface area contributed by atoms with Crippen LogP contribution in [0, 0.1) is 0 Å². The van der Waals surface area contributed by atoms with Gasteiger partial charge in [0.1, 0.15) is 18.0 Å². The lowest BCUT2D eigenvalue weighted by Crippen LogP contribution is -2.39. The molecule has 0 aliphatic heterocycles. The van der Waals surface area contributed by atoms with Gasteiger partial charge in [0.25, 0.3) is 5.91 Å². The van der Waals surface area contributed by atoms with E-state index in [0.29, 0.717) is 22.4 Å². The molecule has 0 radical (unpaired) electrons. The molecular formula is C20H17ClN2O5.